The maximum Gasteiger partial charge on any atom is 0.260 e. The predicted octanol–water partition coefficient (Wildman–Crippen LogP) is 1.12. The summed E-state index contributed by atoms with van der Waals surface area (Å²) < 4.78 is 5.55. The molecule has 0 spiro atoms. The van der Waals surface area contributed by atoms with Crippen LogP contribution in [0.1, 0.15) is 12.5 Å². The van der Waals surface area contributed by atoms with E-state index in [2.05, 4.69) is 5.16 Å². The molecule has 1 unspecified atom stereocenters. The Balaban J connectivity index is 2.01. The van der Waals surface area contributed by atoms with Crippen LogP contribution in [0.15, 0.2) is 29.4 Å². The Hall–Kier alpha value is -1.89. The van der Waals surface area contributed by atoms with Gasteiger partial charge in [0.1, 0.15) is 5.75 Å². The fraction of sp³-hybridized carbons (Fsp3) is 0.429. The molecule has 0 aliphatic carbocycles. The minimum atomic E-state index is -0.0509. The maximum atomic E-state index is 12.2. The van der Waals surface area contributed by atoms with Gasteiger partial charge in [-0.15, -0.1) is 0 Å². The van der Waals surface area contributed by atoms with Crippen molar-refractivity contribution in [1.29, 1.82) is 0 Å². The molecule has 1 heterocycles. The van der Waals surface area contributed by atoms with Crippen LogP contribution in [0.5, 0.6) is 5.75 Å². The van der Waals surface area contributed by atoms with Crippen LogP contribution < -0.4 is 10.5 Å². The lowest BCUT2D eigenvalue weighted by molar-refractivity contribution is -0.134. The summed E-state index contributed by atoms with van der Waals surface area (Å²) in [5.74, 6) is 2.25. The number of para-hydroxylation sites is 1. The topological polar surface area (TPSA) is 88.2 Å². The molecule has 1 fully saturated rings. The molecule has 0 saturated carbocycles. The molecule has 1 aromatic carbocycles. The third kappa shape index (κ3) is 3.81. The quantitative estimate of drug-likeness (QED) is 0.377. The molecule has 1 amide bonds. The Morgan fingerprint density at radius 1 is 1.57 bits per heavy atom. The Kier molecular flexibility index (Phi) is 5.32. The van der Waals surface area contributed by atoms with Gasteiger partial charge in [0.15, 0.2) is 12.4 Å². The van der Waals surface area contributed by atoms with Crippen molar-refractivity contribution in [3.63, 3.8) is 0 Å². The zero-order valence-electron chi connectivity index (χ0n) is 11.9. The van der Waals surface area contributed by atoms with E-state index in [1.165, 1.54) is 0 Å². The Morgan fingerprint density at radius 3 is 3.05 bits per heavy atom. The highest BCUT2D eigenvalue weighted by Crippen LogP contribution is 2.19. The molecule has 6 nitrogen and oxygen atoms in total. The van der Waals surface area contributed by atoms with E-state index in [1.54, 1.807) is 24.3 Å². The first-order valence-corrected chi connectivity index (χ1v) is 7.86. The molecule has 1 atom stereocenters. The number of amides is 1. The molecule has 7 heteroatoms. The van der Waals surface area contributed by atoms with Gasteiger partial charge in [0, 0.05) is 24.1 Å². The molecular formula is C14H19N3O3S. The smallest absolute Gasteiger partial charge is 0.260 e. The van der Waals surface area contributed by atoms with Gasteiger partial charge in [-0.2, -0.15) is 11.8 Å². The number of ether oxygens (including phenoxy) is 1. The first kappa shape index (κ1) is 15.5. The monoisotopic (exact) mass is 309 g/mol. The molecule has 1 aromatic rings. The zero-order valence-corrected chi connectivity index (χ0v) is 12.7. The first-order valence-electron chi connectivity index (χ1n) is 6.70. The molecule has 1 aliphatic rings. The summed E-state index contributed by atoms with van der Waals surface area (Å²) in [5, 5.41) is 11.7. The largest absolute Gasteiger partial charge is 0.483 e. The standard InChI is InChI=1S/C14H19N3O3S/c1-10-9-21-7-6-17(10)13(18)8-20-12-5-3-2-4-11(12)14(15)16-19/h2-5,10,19H,6-9H2,1H3,(H2,15,16). The van der Waals surface area contributed by atoms with Crippen LogP contribution in [-0.2, 0) is 4.79 Å². The third-order valence-corrected chi connectivity index (χ3v) is 4.50. The number of benzene rings is 1. The number of thioether (sulfide) groups is 1. The van der Waals surface area contributed by atoms with Crippen molar-refractivity contribution in [2.45, 2.75) is 13.0 Å². The van der Waals surface area contributed by atoms with Crippen molar-refractivity contribution in [3.8, 4) is 5.75 Å². The fourth-order valence-corrected chi connectivity index (χ4v) is 3.19. The Labute approximate surface area is 127 Å². The second-order valence-electron chi connectivity index (χ2n) is 4.78. The van der Waals surface area contributed by atoms with Crippen molar-refractivity contribution in [2.75, 3.05) is 24.7 Å². The van der Waals surface area contributed by atoms with Gasteiger partial charge in [0.05, 0.1) is 5.56 Å². The summed E-state index contributed by atoms with van der Waals surface area (Å²) in [4.78, 5) is 14.0. The molecule has 1 aliphatic heterocycles. The van der Waals surface area contributed by atoms with E-state index in [0.29, 0.717) is 11.3 Å². The maximum absolute atomic E-state index is 12.2. The van der Waals surface area contributed by atoms with Gasteiger partial charge in [-0.3, -0.25) is 4.79 Å². The lowest BCUT2D eigenvalue weighted by Gasteiger charge is -2.33. The second kappa shape index (κ2) is 7.21. The van der Waals surface area contributed by atoms with E-state index in [-0.39, 0.29) is 24.4 Å². The highest BCUT2D eigenvalue weighted by molar-refractivity contribution is 7.99. The normalized spacial score (nSPS) is 19.4. The van der Waals surface area contributed by atoms with Gasteiger partial charge >= 0.3 is 0 Å². The van der Waals surface area contributed by atoms with Crippen molar-refractivity contribution < 1.29 is 14.7 Å². The highest BCUT2D eigenvalue weighted by atomic mass is 32.2. The van der Waals surface area contributed by atoms with E-state index in [4.69, 9.17) is 15.7 Å². The molecule has 114 valence electrons. The van der Waals surface area contributed by atoms with E-state index >= 15 is 0 Å². The van der Waals surface area contributed by atoms with Crippen LogP contribution in [0.25, 0.3) is 0 Å². The van der Waals surface area contributed by atoms with Gasteiger partial charge in [-0.05, 0) is 19.1 Å². The average Bonchev–Trinajstić information content (AvgIpc) is 2.52. The number of oxime groups is 1. The number of rotatable bonds is 4. The molecule has 0 bridgehead atoms. The molecule has 0 aromatic heterocycles. The minimum absolute atomic E-state index is 0.0409. The molecular weight excluding hydrogens is 290 g/mol. The Morgan fingerprint density at radius 2 is 2.33 bits per heavy atom. The summed E-state index contributed by atoms with van der Waals surface area (Å²) in [7, 11) is 0. The van der Waals surface area contributed by atoms with Crippen LogP contribution in [0.4, 0.5) is 0 Å². The van der Waals surface area contributed by atoms with Gasteiger partial charge < -0.3 is 20.6 Å². The fourth-order valence-electron chi connectivity index (χ4n) is 2.18. The van der Waals surface area contributed by atoms with Crippen LogP contribution in [0.3, 0.4) is 0 Å². The number of hydrogen-bond donors (Lipinski definition) is 2. The SMILES string of the molecule is CC1CSCCN1C(=O)COc1ccccc1C(N)=NO. The summed E-state index contributed by atoms with van der Waals surface area (Å²) in [5.41, 5.74) is 6.06. The van der Waals surface area contributed by atoms with Crippen LogP contribution in [0, 0.1) is 0 Å². The molecule has 0 radical (unpaired) electrons. The molecule has 21 heavy (non-hydrogen) atoms. The van der Waals surface area contributed by atoms with Gasteiger partial charge in [0.25, 0.3) is 5.91 Å². The number of carbonyl (C=O) groups excluding carboxylic acids is 1. The lowest BCUT2D eigenvalue weighted by atomic mass is 10.2. The second-order valence-corrected chi connectivity index (χ2v) is 5.93. The summed E-state index contributed by atoms with van der Waals surface area (Å²) in [6.07, 6.45) is 0. The number of carbonyl (C=O) groups is 1. The summed E-state index contributed by atoms with van der Waals surface area (Å²) >= 11 is 1.85. The predicted molar refractivity (Wildman–Crippen MR) is 82.9 cm³/mol. The van der Waals surface area contributed by atoms with E-state index in [0.717, 1.165) is 18.1 Å². The minimum Gasteiger partial charge on any atom is -0.483 e. The van der Waals surface area contributed by atoms with E-state index in [9.17, 15) is 4.79 Å². The van der Waals surface area contributed by atoms with E-state index < -0.39 is 0 Å². The van der Waals surface area contributed by atoms with Crippen LogP contribution >= 0.6 is 11.8 Å². The van der Waals surface area contributed by atoms with Gasteiger partial charge in [-0.1, -0.05) is 17.3 Å². The summed E-state index contributed by atoms with van der Waals surface area (Å²) in [6.45, 7) is 2.73. The van der Waals surface area contributed by atoms with Crippen molar-refractivity contribution in [1.82, 2.24) is 4.90 Å². The van der Waals surface area contributed by atoms with Crippen molar-refractivity contribution in [3.05, 3.63) is 29.8 Å². The number of hydrogen-bond acceptors (Lipinski definition) is 5. The number of nitrogens with zero attached hydrogens (tertiary/aromatic N) is 2. The molecule has 2 rings (SSSR count). The van der Waals surface area contributed by atoms with Gasteiger partial charge in [0.2, 0.25) is 0 Å². The molecule has 1 saturated heterocycles. The van der Waals surface area contributed by atoms with Crippen LogP contribution in [0.2, 0.25) is 0 Å². The number of nitrogens with two attached hydrogens (primary N) is 1. The van der Waals surface area contributed by atoms with Crippen molar-refractivity contribution in [2.24, 2.45) is 10.9 Å². The third-order valence-electron chi connectivity index (χ3n) is 3.31. The number of amidine groups is 1. The summed E-state index contributed by atoms with van der Waals surface area (Å²) in [6, 6.07) is 7.12. The van der Waals surface area contributed by atoms with Gasteiger partial charge in [-0.25, -0.2) is 0 Å². The molecule has 3 N–H and O–H groups in total. The van der Waals surface area contributed by atoms with Crippen LogP contribution in [-0.4, -0.2) is 52.5 Å². The van der Waals surface area contributed by atoms with E-state index in [1.807, 2.05) is 23.6 Å². The highest BCUT2D eigenvalue weighted by Gasteiger charge is 2.24. The Bertz CT molecular complexity index is 536. The van der Waals surface area contributed by atoms with Crippen molar-refractivity contribution >= 4 is 23.5 Å². The average molecular weight is 309 g/mol. The lowest BCUT2D eigenvalue weighted by Crippen LogP contribution is -2.46. The zero-order chi connectivity index (χ0) is 15.2. The first-order chi connectivity index (χ1) is 10.1.